The molecule has 0 radical (unpaired) electrons. The van der Waals surface area contributed by atoms with E-state index in [0.29, 0.717) is 25.9 Å². The Morgan fingerprint density at radius 3 is 2.32 bits per heavy atom. The predicted octanol–water partition coefficient (Wildman–Crippen LogP) is 5.19. The highest BCUT2D eigenvalue weighted by atomic mass is 35.5. The van der Waals surface area contributed by atoms with E-state index in [1.165, 1.54) is 15.9 Å². The Hall–Kier alpha value is -2.34. The summed E-state index contributed by atoms with van der Waals surface area (Å²) in [5, 5.41) is 1.68. The zero-order chi connectivity index (χ0) is 20.0. The van der Waals surface area contributed by atoms with Gasteiger partial charge in [0, 0.05) is 14.9 Å². The first kappa shape index (κ1) is 19.0. The largest absolute Gasteiger partial charge is 0.337 e. The van der Waals surface area contributed by atoms with Gasteiger partial charge in [-0.3, -0.25) is 9.36 Å². The number of hydrogen-bond donors (Lipinski definition) is 0. The molecule has 4 aromatic rings. The smallest absolute Gasteiger partial charge is 0.279 e. The maximum atomic E-state index is 13.4. The molecule has 4 rings (SSSR count). The summed E-state index contributed by atoms with van der Waals surface area (Å²) in [5.74, 6) is 0. The molecular formula is C21H16Cl2N2O2S. The van der Waals surface area contributed by atoms with Crippen molar-refractivity contribution in [1.29, 1.82) is 0 Å². The molecule has 2 heterocycles. The summed E-state index contributed by atoms with van der Waals surface area (Å²) in [4.78, 5) is 28.3. The molecule has 142 valence electrons. The molecule has 0 saturated heterocycles. The molecule has 2 aromatic heterocycles. The second kappa shape index (κ2) is 7.24. The lowest BCUT2D eigenvalue weighted by Gasteiger charge is -2.13. The van der Waals surface area contributed by atoms with E-state index in [9.17, 15) is 9.59 Å². The van der Waals surface area contributed by atoms with Crippen LogP contribution < -0.4 is 11.2 Å². The van der Waals surface area contributed by atoms with E-state index in [-0.39, 0.29) is 12.1 Å². The van der Waals surface area contributed by atoms with Crippen LogP contribution in [0.3, 0.4) is 0 Å². The van der Waals surface area contributed by atoms with Crippen LogP contribution in [0.1, 0.15) is 16.0 Å². The van der Waals surface area contributed by atoms with Gasteiger partial charge < -0.3 is 0 Å². The summed E-state index contributed by atoms with van der Waals surface area (Å²) in [6, 6.07) is 14.1. The molecule has 0 fully saturated rings. The number of thiophene rings is 1. The average molecular weight is 431 g/mol. The van der Waals surface area contributed by atoms with Crippen LogP contribution in [0, 0.1) is 13.8 Å². The average Bonchev–Trinajstić information content (AvgIpc) is 2.97. The third-order valence-corrected chi connectivity index (χ3v) is 6.67. The van der Waals surface area contributed by atoms with E-state index >= 15 is 0 Å². The number of rotatable bonds is 3. The van der Waals surface area contributed by atoms with Crippen LogP contribution in [0.15, 0.2) is 58.1 Å². The summed E-state index contributed by atoms with van der Waals surface area (Å²) >= 11 is 13.7. The first-order valence-corrected chi connectivity index (χ1v) is 10.2. The van der Waals surface area contributed by atoms with Gasteiger partial charge in [0.05, 0.1) is 17.6 Å². The number of nitrogens with zero attached hydrogens (tertiary/aromatic N) is 2. The van der Waals surface area contributed by atoms with Crippen LogP contribution in [-0.4, -0.2) is 9.13 Å². The molecule has 0 spiro atoms. The van der Waals surface area contributed by atoms with E-state index in [1.54, 1.807) is 34.9 Å². The molecule has 0 aliphatic rings. The molecule has 28 heavy (non-hydrogen) atoms. The Morgan fingerprint density at radius 1 is 0.964 bits per heavy atom. The molecule has 4 nitrogen and oxygen atoms in total. The molecule has 0 unspecified atom stereocenters. The lowest BCUT2D eigenvalue weighted by molar-refractivity contribution is 0.719. The van der Waals surface area contributed by atoms with Crippen molar-refractivity contribution in [2.24, 2.45) is 0 Å². The fourth-order valence-electron chi connectivity index (χ4n) is 3.21. The van der Waals surface area contributed by atoms with E-state index in [0.717, 1.165) is 16.0 Å². The van der Waals surface area contributed by atoms with Crippen molar-refractivity contribution in [2.45, 2.75) is 20.4 Å². The van der Waals surface area contributed by atoms with Gasteiger partial charge in [-0.25, -0.2) is 9.36 Å². The highest BCUT2D eigenvalue weighted by molar-refractivity contribution is 7.18. The fourth-order valence-corrected chi connectivity index (χ4v) is 4.67. The molecule has 0 atom stereocenters. The van der Waals surface area contributed by atoms with Gasteiger partial charge in [-0.2, -0.15) is 0 Å². The van der Waals surface area contributed by atoms with Gasteiger partial charge in [0.1, 0.15) is 4.83 Å². The van der Waals surface area contributed by atoms with E-state index in [1.807, 2.05) is 32.0 Å². The molecular weight excluding hydrogens is 415 g/mol. The zero-order valence-corrected chi connectivity index (χ0v) is 17.5. The van der Waals surface area contributed by atoms with E-state index < -0.39 is 5.69 Å². The Morgan fingerprint density at radius 2 is 1.64 bits per heavy atom. The molecule has 0 aliphatic heterocycles. The van der Waals surface area contributed by atoms with Gasteiger partial charge in [0.25, 0.3) is 5.56 Å². The molecule has 2 aromatic carbocycles. The predicted molar refractivity (Wildman–Crippen MR) is 117 cm³/mol. The van der Waals surface area contributed by atoms with Crippen LogP contribution in [0.25, 0.3) is 15.9 Å². The second-order valence-electron chi connectivity index (χ2n) is 6.54. The number of benzene rings is 2. The number of halogens is 2. The van der Waals surface area contributed by atoms with Crippen LogP contribution in [0.2, 0.25) is 10.0 Å². The van der Waals surface area contributed by atoms with Crippen LogP contribution in [0.4, 0.5) is 0 Å². The first-order chi connectivity index (χ1) is 13.4. The highest BCUT2D eigenvalue weighted by Gasteiger charge is 2.20. The lowest BCUT2D eigenvalue weighted by atomic mass is 10.2. The molecule has 0 amide bonds. The molecule has 0 bridgehead atoms. The van der Waals surface area contributed by atoms with Crippen molar-refractivity contribution in [1.82, 2.24) is 9.13 Å². The fraction of sp³-hybridized carbons (Fsp3) is 0.143. The second-order valence-corrected chi connectivity index (χ2v) is 8.59. The number of hydrogen-bond acceptors (Lipinski definition) is 3. The van der Waals surface area contributed by atoms with Crippen LogP contribution in [-0.2, 0) is 6.54 Å². The van der Waals surface area contributed by atoms with Crippen molar-refractivity contribution < 1.29 is 0 Å². The minimum absolute atomic E-state index is 0.280. The maximum Gasteiger partial charge on any atom is 0.337 e. The normalized spacial score (nSPS) is 11.3. The Bertz CT molecular complexity index is 1320. The standard InChI is InChI=1S/C21H16Cl2N2O2S/c1-12-13(2)28-20-18(12)19(26)25(16-9-7-15(22)8-10-16)21(27)24(20)11-14-5-3-4-6-17(14)23/h3-10H,11H2,1-2H3. The van der Waals surface area contributed by atoms with E-state index in [2.05, 4.69) is 0 Å². The molecule has 0 N–H and O–H groups in total. The van der Waals surface area contributed by atoms with Crippen LogP contribution >= 0.6 is 34.5 Å². The zero-order valence-electron chi connectivity index (χ0n) is 15.2. The molecule has 7 heteroatoms. The Labute approximate surface area is 175 Å². The van der Waals surface area contributed by atoms with Crippen molar-refractivity contribution in [3.05, 3.63) is 95.4 Å². The third kappa shape index (κ3) is 3.09. The van der Waals surface area contributed by atoms with Gasteiger partial charge in [0.2, 0.25) is 0 Å². The van der Waals surface area contributed by atoms with E-state index in [4.69, 9.17) is 23.2 Å². The van der Waals surface area contributed by atoms with Crippen molar-refractivity contribution in [2.75, 3.05) is 0 Å². The van der Waals surface area contributed by atoms with Gasteiger partial charge >= 0.3 is 5.69 Å². The summed E-state index contributed by atoms with van der Waals surface area (Å²) < 4.78 is 2.83. The third-order valence-electron chi connectivity index (χ3n) is 4.82. The summed E-state index contributed by atoms with van der Waals surface area (Å²) in [5.41, 5.74) is 1.47. The number of aryl methyl sites for hydroxylation is 2. The van der Waals surface area contributed by atoms with Gasteiger partial charge in [-0.1, -0.05) is 41.4 Å². The molecule has 0 aliphatic carbocycles. The number of aromatic nitrogens is 2. The summed E-state index contributed by atoms with van der Waals surface area (Å²) in [6.45, 7) is 4.14. The Balaban J connectivity index is 2.07. The summed E-state index contributed by atoms with van der Waals surface area (Å²) in [6.07, 6.45) is 0. The first-order valence-electron chi connectivity index (χ1n) is 8.63. The van der Waals surface area contributed by atoms with Gasteiger partial charge in [-0.15, -0.1) is 11.3 Å². The minimum Gasteiger partial charge on any atom is -0.279 e. The van der Waals surface area contributed by atoms with Crippen molar-refractivity contribution in [3.8, 4) is 5.69 Å². The lowest BCUT2D eigenvalue weighted by Crippen LogP contribution is -2.38. The minimum atomic E-state index is -0.402. The number of fused-ring (bicyclic) bond motifs is 1. The van der Waals surface area contributed by atoms with Crippen LogP contribution in [0.5, 0.6) is 0 Å². The SMILES string of the molecule is Cc1sc2c(c1C)c(=O)n(-c1ccc(Cl)cc1)c(=O)n2Cc1ccccc1Cl. The Kier molecular flexibility index (Phi) is 4.91. The molecule has 0 saturated carbocycles. The quantitative estimate of drug-likeness (QED) is 0.448. The van der Waals surface area contributed by atoms with Crippen molar-refractivity contribution >= 4 is 44.8 Å². The summed E-state index contributed by atoms with van der Waals surface area (Å²) in [7, 11) is 0. The van der Waals surface area contributed by atoms with Crippen molar-refractivity contribution in [3.63, 3.8) is 0 Å². The highest BCUT2D eigenvalue weighted by Crippen LogP contribution is 2.28. The topological polar surface area (TPSA) is 44.0 Å². The van der Waals surface area contributed by atoms with Gasteiger partial charge in [-0.05, 0) is 55.3 Å². The monoisotopic (exact) mass is 430 g/mol. The van der Waals surface area contributed by atoms with Gasteiger partial charge in [0.15, 0.2) is 0 Å². The maximum absolute atomic E-state index is 13.4.